The maximum atomic E-state index is 11.2. The van der Waals surface area contributed by atoms with Gasteiger partial charge in [-0.3, -0.25) is 0 Å². The minimum atomic E-state index is -2.17. The second kappa shape index (κ2) is 6.04. The summed E-state index contributed by atoms with van der Waals surface area (Å²) in [6.07, 6.45) is -0.595. The van der Waals surface area contributed by atoms with E-state index in [1.807, 2.05) is 20.0 Å². The van der Waals surface area contributed by atoms with Crippen LogP contribution in [0.25, 0.3) is 0 Å². The first-order valence-corrected chi connectivity index (χ1v) is 7.78. The monoisotopic (exact) mass is 232 g/mol. The summed E-state index contributed by atoms with van der Waals surface area (Å²) in [6, 6.07) is 0. The predicted octanol–water partition coefficient (Wildman–Crippen LogP) is 2.21. The zero-order chi connectivity index (χ0) is 12.1. The molecule has 0 rings (SSSR count). The topological polar surface area (TPSA) is 44.8 Å². The molecule has 0 aromatic heterocycles. The van der Waals surface area contributed by atoms with Crippen molar-refractivity contribution in [2.75, 3.05) is 6.61 Å². The SMILES string of the molecule is C=C(C)C(=O)OC(C)O[Si](C)(C)OCC. The smallest absolute Gasteiger partial charge is 0.335 e. The van der Waals surface area contributed by atoms with Crippen LogP contribution in [0.5, 0.6) is 0 Å². The van der Waals surface area contributed by atoms with Gasteiger partial charge in [-0.15, -0.1) is 0 Å². The van der Waals surface area contributed by atoms with E-state index in [1.165, 1.54) is 0 Å². The van der Waals surface area contributed by atoms with Crippen LogP contribution < -0.4 is 0 Å². The van der Waals surface area contributed by atoms with Crippen LogP contribution in [-0.4, -0.2) is 27.4 Å². The van der Waals surface area contributed by atoms with E-state index in [2.05, 4.69) is 6.58 Å². The number of ether oxygens (including phenoxy) is 1. The van der Waals surface area contributed by atoms with Crippen molar-refractivity contribution >= 4 is 14.5 Å². The summed E-state index contributed by atoms with van der Waals surface area (Å²) >= 11 is 0. The lowest BCUT2D eigenvalue weighted by molar-refractivity contribution is -0.158. The lowest BCUT2D eigenvalue weighted by Crippen LogP contribution is -2.39. The molecule has 4 nitrogen and oxygen atoms in total. The van der Waals surface area contributed by atoms with E-state index < -0.39 is 20.8 Å². The lowest BCUT2D eigenvalue weighted by atomic mass is 10.4. The quantitative estimate of drug-likeness (QED) is 0.305. The van der Waals surface area contributed by atoms with Crippen molar-refractivity contribution in [3.05, 3.63) is 12.2 Å². The van der Waals surface area contributed by atoms with E-state index in [0.29, 0.717) is 12.2 Å². The molecule has 5 heteroatoms. The van der Waals surface area contributed by atoms with Gasteiger partial charge in [0, 0.05) is 12.2 Å². The summed E-state index contributed by atoms with van der Waals surface area (Å²) in [4.78, 5) is 11.2. The molecular weight excluding hydrogens is 212 g/mol. The van der Waals surface area contributed by atoms with E-state index in [-0.39, 0.29) is 0 Å². The first-order valence-electron chi connectivity index (χ1n) is 4.96. The zero-order valence-electron chi connectivity index (χ0n) is 10.1. The van der Waals surface area contributed by atoms with Gasteiger partial charge in [-0.25, -0.2) is 4.79 Å². The van der Waals surface area contributed by atoms with Gasteiger partial charge in [0.25, 0.3) is 0 Å². The number of rotatable bonds is 6. The molecule has 0 spiro atoms. The van der Waals surface area contributed by atoms with Crippen molar-refractivity contribution in [2.24, 2.45) is 0 Å². The number of hydrogen-bond acceptors (Lipinski definition) is 4. The van der Waals surface area contributed by atoms with Crippen molar-refractivity contribution in [1.29, 1.82) is 0 Å². The van der Waals surface area contributed by atoms with E-state index in [0.717, 1.165) is 0 Å². The molecule has 0 heterocycles. The summed E-state index contributed by atoms with van der Waals surface area (Å²) in [5.74, 6) is -0.441. The lowest BCUT2D eigenvalue weighted by Gasteiger charge is -2.26. The molecule has 0 aromatic rings. The summed E-state index contributed by atoms with van der Waals surface area (Å²) in [5, 5.41) is 0. The Balaban J connectivity index is 4.08. The van der Waals surface area contributed by atoms with E-state index in [1.54, 1.807) is 13.8 Å². The summed E-state index contributed by atoms with van der Waals surface area (Å²) in [6.45, 7) is 13.1. The van der Waals surface area contributed by atoms with Crippen molar-refractivity contribution in [3.63, 3.8) is 0 Å². The Labute approximate surface area is 92.5 Å². The minimum absolute atomic E-state index is 0.362. The number of esters is 1. The van der Waals surface area contributed by atoms with Crippen LogP contribution in [0.15, 0.2) is 12.2 Å². The average molecular weight is 232 g/mol. The molecule has 1 unspecified atom stereocenters. The number of carbonyl (C=O) groups is 1. The molecule has 0 aliphatic carbocycles. The van der Waals surface area contributed by atoms with Crippen LogP contribution in [0.3, 0.4) is 0 Å². The van der Waals surface area contributed by atoms with Crippen LogP contribution >= 0.6 is 0 Å². The normalized spacial score (nSPS) is 13.4. The third-order valence-electron chi connectivity index (χ3n) is 1.56. The van der Waals surface area contributed by atoms with Crippen LogP contribution in [0.2, 0.25) is 13.1 Å². The molecule has 1 atom stereocenters. The Morgan fingerprint density at radius 1 is 1.47 bits per heavy atom. The molecule has 0 aliphatic rings. The Morgan fingerprint density at radius 2 is 2.00 bits per heavy atom. The Morgan fingerprint density at radius 3 is 2.40 bits per heavy atom. The maximum Gasteiger partial charge on any atom is 0.335 e. The second-order valence-electron chi connectivity index (χ2n) is 3.70. The number of carbonyl (C=O) groups excluding carboxylic acids is 1. The molecule has 0 aliphatic heterocycles. The van der Waals surface area contributed by atoms with Crippen LogP contribution in [0.4, 0.5) is 0 Å². The van der Waals surface area contributed by atoms with Gasteiger partial charge in [-0.1, -0.05) is 6.58 Å². The minimum Gasteiger partial charge on any atom is -0.434 e. The van der Waals surface area contributed by atoms with Crippen LogP contribution in [-0.2, 0) is 18.4 Å². The van der Waals surface area contributed by atoms with Gasteiger partial charge in [0.05, 0.1) is 0 Å². The molecule has 0 bridgehead atoms. The first-order chi connectivity index (χ1) is 6.78. The highest BCUT2D eigenvalue weighted by molar-refractivity contribution is 6.64. The fourth-order valence-corrected chi connectivity index (χ4v) is 2.67. The highest BCUT2D eigenvalue weighted by Crippen LogP contribution is 2.11. The molecule has 0 saturated heterocycles. The molecule has 0 N–H and O–H groups in total. The van der Waals surface area contributed by atoms with E-state index >= 15 is 0 Å². The van der Waals surface area contributed by atoms with Crippen LogP contribution in [0.1, 0.15) is 20.8 Å². The highest BCUT2D eigenvalue weighted by Gasteiger charge is 2.28. The molecule has 0 aromatic carbocycles. The van der Waals surface area contributed by atoms with Gasteiger partial charge < -0.3 is 13.6 Å². The second-order valence-corrected chi connectivity index (χ2v) is 7.03. The van der Waals surface area contributed by atoms with E-state index in [9.17, 15) is 4.79 Å². The average Bonchev–Trinajstić information content (AvgIpc) is 2.01. The first kappa shape index (κ1) is 14.3. The Hall–Kier alpha value is -0.653. The third-order valence-corrected chi connectivity index (χ3v) is 3.45. The molecule has 0 radical (unpaired) electrons. The summed E-state index contributed by atoms with van der Waals surface area (Å²) in [7, 11) is -2.17. The predicted molar refractivity (Wildman–Crippen MR) is 60.6 cm³/mol. The Kier molecular flexibility index (Phi) is 5.78. The molecule has 0 saturated carbocycles. The third kappa shape index (κ3) is 6.43. The van der Waals surface area contributed by atoms with Gasteiger partial charge in [0.2, 0.25) is 0 Å². The summed E-state index contributed by atoms with van der Waals surface area (Å²) < 4.78 is 16.0. The van der Waals surface area contributed by atoms with Crippen LogP contribution in [0, 0.1) is 0 Å². The fraction of sp³-hybridized carbons (Fsp3) is 0.700. The zero-order valence-corrected chi connectivity index (χ0v) is 11.1. The molecular formula is C10H20O4Si. The van der Waals surface area contributed by atoms with Gasteiger partial charge >= 0.3 is 14.5 Å². The number of hydrogen-bond donors (Lipinski definition) is 0. The summed E-state index contributed by atoms with van der Waals surface area (Å²) in [5.41, 5.74) is 0.362. The fourth-order valence-electron chi connectivity index (χ4n) is 1.06. The molecule has 0 fully saturated rings. The van der Waals surface area contributed by atoms with Gasteiger partial charge in [-0.2, -0.15) is 0 Å². The molecule has 88 valence electrons. The highest BCUT2D eigenvalue weighted by atomic mass is 28.4. The molecule has 15 heavy (non-hydrogen) atoms. The van der Waals surface area contributed by atoms with Crippen molar-refractivity contribution in [1.82, 2.24) is 0 Å². The van der Waals surface area contributed by atoms with Crippen molar-refractivity contribution < 1.29 is 18.4 Å². The van der Waals surface area contributed by atoms with Gasteiger partial charge in [0.1, 0.15) is 0 Å². The van der Waals surface area contributed by atoms with Crippen molar-refractivity contribution in [3.8, 4) is 0 Å². The van der Waals surface area contributed by atoms with Crippen molar-refractivity contribution in [2.45, 2.75) is 40.2 Å². The van der Waals surface area contributed by atoms with E-state index in [4.69, 9.17) is 13.6 Å². The molecule has 0 amide bonds. The van der Waals surface area contributed by atoms with Gasteiger partial charge in [0.15, 0.2) is 6.29 Å². The van der Waals surface area contributed by atoms with Gasteiger partial charge in [-0.05, 0) is 33.9 Å². The standard InChI is InChI=1S/C10H20O4Si/c1-7-12-15(5,6)14-9(4)13-10(11)8(2)3/h9H,2,7H2,1,3-6H3. The maximum absolute atomic E-state index is 11.2. The largest absolute Gasteiger partial charge is 0.434 e. The Bertz CT molecular complexity index is 238.